The van der Waals surface area contributed by atoms with Crippen molar-refractivity contribution in [3.63, 3.8) is 0 Å². The van der Waals surface area contributed by atoms with Gasteiger partial charge < -0.3 is 10.5 Å². The normalized spacial score (nSPS) is 14.2. The first-order valence-electron chi connectivity index (χ1n) is 5.46. The van der Waals surface area contributed by atoms with Crippen LogP contribution in [0.25, 0.3) is 0 Å². The molecule has 1 unspecified atom stereocenters. The Morgan fingerprint density at radius 2 is 2.07 bits per heavy atom. The van der Waals surface area contributed by atoms with E-state index in [2.05, 4.69) is 32.2 Å². The number of rotatable bonds is 5. The van der Waals surface area contributed by atoms with E-state index in [0.29, 0.717) is 0 Å². The summed E-state index contributed by atoms with van der Waals surface area (Å²) in [5, 5.41) is 2.09. The van der Waals surface area contributed by atoms with Crippen molar-refractivity contribution in [1.82, 2.24) is 0 Å². The van der Waals surface area contributed by atoms with Crippen molar-refractivity contribution in [3.8, 4) is 0 Å². The topological polar surface area (TPSA) is 35.2 Å². The molecule has 0 aliphatic carbocycles. The van der Waals surface area contributed by atoms with Gasteiger partial charge in [-0.1, -0.05) is 13.8 Å². The Labute approximate surface area is 96.4 Å². The minimum atomic E-state index is -0.216. The zero-order valence-electron chi connectivity index (χ0n) is 10.0. The van der Waals surface area contributed by atoms with E-state index in [1.807, 2.05) is 0 Å². The molecule has 15 heavy (non-hydrogen) atoms. The van der Waals surface area contributed by atoms with Crippen molar-refractivity contribution < 1.29 is 4.74 Å². The molecule has 2 nitrogen and oxygen atoms in total. The van der Waals surface area contributed by atoms with Gasteiger partial charge in [-0.2, -0.15) is 0 Å². The zero-order valence-corrected chi connectivity index (χ0v) is 10.9. The molecule has 1 rings (SSSR count). The third kappa shape index (κ3) is 2.25. The van der Waals surface area contributed by atoms with Crippen LogP contribution in [0.3, 0.4) is 0 Å². The fourth-order valence-corrected chi connectivity index (χ4v) is 2.86. The van der Waals surface area contributed by atoms with E-state index in [-0.39, 0.29) is 11.6 Å². The van der Waals surface area contributed by atoms with Crippen LogP contribution in [0.1, 0.15) is 43.2 Å². The number of ether oxygens (including phenoxy) is 1. The summed E-state index contributed by atoms with van der Waals surface area (Å²) in [7, 11) is 1.76. The molecule has 0 aromatic carbocycles. The van der Waals surface area contributed by atoms with E-state index in [1.165, 1.54) is 10.4 Å². The van der Waals surface area contributed by atoms with Gasteiger partial charge in [-0.3, -0.25) is 0 Å². The van der Waals surface area contributed by atoms with Crippen LogP contribution in [-0.2, 0) is 4.74 Å². The van der Waals surface area contributed by atoms with Crippen LogP contribution in [0.2, 0.25) is 0 Å². The van der Waals surface area contributed by atoms with Gasteiger partial charge in [-0.25, -0.2) is 0 Å². The molecule has 0 fully saturated rings. The summed E-state index contributed by atoms with van der Waals surface area (Å²) in [5.74, 6) is 0. The van der Waals surface area contributed by atoms with Crippen molar-refractivity contribution in [3.05, 3.63) is 21.9 Å². The maximum Gasteiger partial charge on any atom is 0.0865 e. The van der Waals surface area contributed by atoms with Crippen molar-refractivity contribution in [2.75, 3.05) is 7.11 Å². The minimum absolute atomic E-state index is 0.0243. The molecule has 1 aromatic heterocycles. The molecule has 1 heterocycles. The number of hydrogen-bond acceptors (Lipinski definition) is 3. The molecule has 0 amide bonds. The molecule has 1 aromatic rings. The summed E-state index contributed by atoms with van der Waals surface area (Å²) in [6, 6.07) is 2.09. The lowest BCUT2D eigenvalue weighted by Crippen LogP contribution is -2.42. The Balaban J connectivity index is 3.00. The third-order valence-electron chi connectivity index (χ3n) is 3.40. The van der Waals surface area contributed by atoms with Gasteiger partial charge in [0.25, 0.3) is 0 Å². The van der Waals surface area contributed by atoms with E-state index in [4.69, 9.17) is 10.5 Å². The third-order valence-corrected chi connectivity index (χ3v) is 4.27. The maximum atomic E-state index is 6.33. The molecule has 0 bridgehead atoms. The van der Waals surface area contributed by atoms with Gasteiger partial charge in [-0.15, -0.1) is 11.3 Å². The molecule has 0 spiro atoms. The molecule has 86 valence electrons. The Hall–Kier alpha value is -0.380. The molecule has 2 N–H and O–H groups in total. The fraction of sp³-hybridized carbons (Fsp3) is 0.667. The van der Waals surface area contributed by atoms with Crippen LogP contribution in [0.4, 0.5) is 0 Å². The SMILES string of the molecule is CCC(CC)(OC)C(N)c1ccsc1C. The molecule has 1 atom stereocenters. The summed E-state index contributed by atoms with van der Waals surface area (Å²) >= 11 is 1.74. The Bertz CT molecular complexity index is 296. The van der Waals surface area contributed by atoms with E-state index < -0.39 is 0 Å². The van der Waals surface area contributed by atoms with Crippen LogP contribution in [0.15, 0.2) is 11.4 Å². The predicted octanol–water partition coefficient (Wildman–Crippen LogP) is 3.26. The van der Waals surface area contributed by atoms with Crippen molar-refractivity contribution in [1.29, 1.82) is 0 Å². The summed E-state index contributed by atoms with van der Waals surface area (Å²) < 4.78 is 5.66. The number of aryl methyl sites for hydroxylation is 1. The zero-order chi connectivity index (χ0) is 11.5. The standard InChI is InChI=1S/C12H21NOS/c1-5-12(6-2,14-4)11(13)10-7-8-15-9(10)3/h7-8,11H,5-6,13H2,1-4H3. The van der Waals surface area contributed by atoms with Gasteiger partial charge in [0.05, 0.1) is 11.6 Å². The second kappa shape index (κ2) is 5.10. The van der Waals surface area contributed by atoms with Crippen molar-refractivity contribution in [2.24, 2.45) is 5.73 Å². The first kappa shape index (κ1) is 12.7. The van der Waals surface area contributed by atoms with Crippen LogP contribution >= 0.6 is 11.3 Å². The Kier molecular flexibility index (Phi) is 4.32. The number of nitrogens with two attached hydrogens (primary N) is 1. The van der Waals surface area contributed by atoms with Gasteiger partial charge in [0, 0.05) is 12.0 Å². The molecule has 0 saturated heterocycles. The Morgan fingerprint density at radius 1 is 1.47 bits per heavy atom. The van der Waals surface area contributed by atoms with E-state index in [1.54, 1.807) is 18.4 Å². The molecule has 0 aliphatic heterocycles. The lowest BCUT2D eigenvalue weighted by Gasteiger charge is -2.36. The highest BCUT2D eigenvalue weighted by atomic mass is 32.1. The maximum absolute atomic E-state index is 6.33. The number of thiophene rings is 1. The molecule has 0 radical (unpaired) electrons. The first-order valence-corrected chi connectivity index (χ1v) is 6.34. The minimum Gasteiger partial charge on any atom is -0.376 e. The van der Waals surface area contributed by atoms with Crippen molar-refractivity contribution in [2.45, 2.75) is 45.3 Å². The van der Waals surface area contributed by atoms with Gasteiger partial charge in [0.2, 0.25) is 0 Å². The molecule has 0 aliphatic rings. The summed E-state index contributed by atoms with van der Waals surface area (Å²) in [4.78, 5) is 1.30. The van der Waals surface area contributed by atoms with Gasteiger partial charge >= 0.3 is 0 Å². The monoisotopic (exact) mass is 227 g/mol. The Morgan fingerprint density at radius 3 is 2.40 bits per heavy atom. The second-order valence-electron chi connectivity index (χ2n) is 3.89. The summed E-state index contributed by atoms with van der Waals surface area (Å²) in [6.45, 7) is 6.38. The molecular weight excluding hydrogens is 206 g/mol. The highest BCUT2D eigenvalue weighted by Gasteiger charge is 2.35. The smallest absolute Gasteiger partial charge is 0.0865 e. The van der Waals surface area contributed by atoms with Crippen LogP contribution in [-0.4, -0.2) is 12.7 Å². The molecular formula is C12H21NOS. The van der Waals surface area contributed by atoms with Gasteiger partial charge in [0.15, 0.2) is 0 Å². The highest BCUT2D eigenvalue weighted by molar-refractivity contribution is 7.10. The lowest BCUT2D eigenvalue weighted by atomic mass is 9.84. The average Bonchev–Trinajstić information content (AvgIpc) is 2.67. The van der Waals surface area contributed by atoms with Crippen molar-refractivity contribution >= 4 is 11.3 Å². The fourth-order valence-electron chi connectivity index (χ4n) is 2.11. The van der Waals surface area contributed by atoms with Gasteiger partial charge in [0.1, 0.15) is 0 Å². The van der Waals surface area contributed by atoms with Crippen LogP contribution in [0.5, 0.6) is 0 Å². The van der Waals surface area contributed by atoms with E-state index >= 15 is 0 Å². The molecule has 0 saturated carbocycles. The molecule has 3 heteroatoms. The predicted molar refractivity (Wildman–Crippen MR) is 66.3 cm³/mol. The largest absolute Gasteiger partial charge is 0.376 e. The average molecular weight is 227 g/mol. The highest BCUT2D eigenvalue weighted by Crippen LogP contribution is 2.35. The quantitative estimate of drug-likeness (QED) is 0.838. The second-order valence-corrected chi connectivity index (χ2v) is 5.01. The lowest BCUT2D eigenvalue weighted by molar-refractivity contribution is -0.0386. The first-order chi connectivity index (χ1) is 7.11. The number of hydrogen-bond donors (Lipinski definition) is 1. The van der Waals surface area contributed by atoms with E-state index in [0.717, 1.165) is 12.8 Å². The van der Waals surface area contributed by atoms with E-state index in [9.17, 15) is 0 Å². The van der Waals surface area contributed by atoms with Crippen LogP contribution < -0.4 is 5.73 Å². The van der Waals surface area contributed by atoms with Gasteiger partial charge in [-0.05, 0) is 36.8 Å². The van der Waals surface area contributed by atoms with Crippen LogP contribution in [0, 0.1) is 6.92 Å². The summed E-state index contributed by atoms with van der Waals surface area (Å²) in [6.07, 6.45) is 1.88. The number of methoxy groups -OCH3 is 1. The summed E-state index contributed by atoms with van der Waals surface area (Å²) in [5.41, 5.74) is 7.34.